The molecule has 1 fully saturated rings. The Morgan fingerprint density at radius 2 is 2.03 bits per heavy atom. The van der Waals surface area contributed by atoms with Crippen LogP contribution in [0.4, 0.5) is 21.8 Å². The predicted octanol–water partition coefficient (Wildman–Crippen LogP) is 3.39. The molecular formula is C29H38FN7O2. The maximum absolute atomic E-state index is 13.1. The van der Waals surface area contributed by atoms with Crippen LogP contribution >= 0.6 is 0 Å². The van der Waals surface area contributed by atoms with Gasteiger partial charge in [-0.05, 0) is 64.0 Å². The molecule has 2 heterocycles. The summed E-state index contributed by atoms with van der Waals surface area (Å²) in [6, 6.07) is 5.94. The Kier molecular flexibility index (Phi) is 10.4. The number of hydrogen-bond donors (Lipinski definition) is 3. The number of amides is 2. The lowest BCUT2D eigenvalue weighted by molar-refractivity contribution is -0.141. The molecule has 2 aromatic rings. The number of aromatic nitrogens is 2. The molecule has 1 aliphatic rings. The fourth-order valence-electron chi connectivity index (χ4n) is 4.48. The zero-order valence-electron chi connectivity index (χ0n) is 23.3. The van der Waals surface area contributed by atoms with Gasteiger partial charge >= 0.3 is 0 Å². The van der Waals surface area contributed by atoms with Crippen molar-refractivity contribution in [1.82, 2.24) is 25.1 Å². The summed E-state index contributed by atoms with van der Waals surface area (Å²) in [6.45, 7) is 5.60. The molecule has 1 aromatic heterocycles. The molecule has 1 saturated heterocycles. The van der Waals surface area contributed by atoms with Gasteiger partial charge in [0.1, 0.15) is 17.2 Å². The Morgan fingerprint density at radius 1 is 1.28 bits per heavy atom. The summed E-state index contributed by atoms with van der Waals surface area (Å²) in [5, 5.41) is 9.05. The van der Waals surface area contributed by atoms with Crippen molar-refractivity contribution in [3.8, 4) is 11.8 Å². The molecule has 0 bridgehead atoms. The third-order valence-corrected chi connectivity index (χ3v) is 6.44. The first-order valence-corrected chi connectivity index (χ1v) is 13.1. The summed E-state index contributed by atoms with van der Waals surface area (Å²) in [5.74, 6) is 6.80. The lowest BCUT2D eigenvalue weighted by Gasteiger charge is -2.33. The second kappa shape index (κ2) is 13.7. The van der Waals surface area contributed by atoms with E-state index in [-0.39, 0.29) is 23.5 Å². The zero-order chi connectivity index (χ0) is 28.4. The van der Waals surface area contributed by atoms with Crippen molar-refractivity contribution in [1.29, 1.82) is 0 Å². The maximum atomic E-state index is 13.1. The first-order chi connectivity index (χ1) is 18.6. The van der Waals surface area contributed by atoms with Gasteiger partial charge in [0.05, 0.1) is 11.8 Å². The Morgan fingerprint density at radius 3 is 2.72 bits per heavy atom. The molecule has 2 atom stereocenters. The molecule has 0 unspecified atom stereocenters. The predicted molar refractivity (Wildman–Crippen MR) is 152 cm³/mol. The molecule has 1 aromatic carbocycles. The van der Waals surface area contributed by atoms with Crippen LogP contribution < -0.4 is 16.0 Å². The average Bonchev–Trinajstić information content (AvgIpc) is 3.22. The van der Waals surface area contributed by atoms with E-state index in [9.17, 15) is 14.0 Å². The number of benzene rings is 1. The van der Waals surface area contributed by atoms with Gasteiger partial charge in [0.25, 0.3) is 0 Å². The lowest BCUT2D eigenvalue weighted by Crippen LogP contribution is -2.55. The molecule has 3 rings (SSSR count). The minimum atomic E-state index is -0.868. The molecular weight excluding hydrogens is 497 g/mol. The quantitative estimate of drug-likeness (QED) is 0.244. The molecule has 0 saturated carbocycles. The van der Waals surface area contributed by atoms with E-state index in [1.807, 2.05) is 32.0 Å². The van der Waals surface area contributed by atoms with E-state index in [2.05, 4.69) is 44.7 Å². The Labute approximate surface area is 230 Å². The van der Waals surface area contributed by atoms with Crippen LogP contribution in [-0.2, 0) is 9.59 Å². The van der Waals surface area contributed by atoms with Crippen molar-refractivity contribution in [2.45, 2.75) is 38.6 Å². The lowest BCUT2D eigenvalue weighted by atomic mass is 9.93. The number of unbranched alkanes of at least 4 members (excludes halogenated alkanes) is 1. The summed E-state index contributed by atoms with van der Waals surface area (Å²) < 4.78 is 13.1. The standard InChI is InChI=1S/C29H38FN7O2/c1-21-18-29(2,37(20-21)25(38)11-9-17-36(4)5)27(39)32-16-8-6-7-10-22-19-33-28(35-26(22)31-3)34-24-14-12-23(30)13-15-24/h9,11-15,19,21H,6,8,16-18,20H2,1-5H3,(H,32,39)(H2,31,33,34,35)/b11-9+/t21-,29-/m0/s1. The van der Waals surface area contributed by atoms with Crippen LogP contribution in [-0.4, -0.2) is 77.9 Å². The van der Waals surface area contributed by atoms with Crippen LogP contribution in [0, 0.1) is 23.6 Å². The van der Waals surface area contributed by atoms with Gasteiger partial charge < -0.3 is 25.8 Å². The second-order valence-corrected chi connectivity index (χ2v) is 10.2. The highest BCUT2D eigenvalue weighted by atomic mass is 19.1. The maximum Gasteiger partial charge on any atom is 0.247 e. The number of nitrogens with zero attached hydrogens (tertiary/aromatic N) is 4. The summed E-state index contributed by atoms with van der Waals surface area (Å²) in [5.41, 5.74) is 0.455. The topological polar surface area (TPSA) is 102 Å². The molecule has 9 nitrogen and oxygen atoms in total. The summed E-state index contributed by atoms with van der Waals surface area (Å²) in [6.07, 6.45) is 6.88. The molecule has 1 aliphatic heterocycles. The van der Waals surface area contributed by atoms with Gasteiger partial charge in [-0.3, -0.25) is 9.59 Å². The smallest absolute Gasteiger partial charge is 0.247 e. The minimum Gasteiger partial charge on any atom is -0.372 e. The number of hydrogen-bond acceptors (Lipinski definition) is 7. The number of carbonyl (C=O) groups is 2. The molecule has 39 heavy (non-hydrogen) atoms. The zero-order valence-corrected chi connectivity index (χ0v) is 23.3. The number of rotatable bonds is 10. The van der Waals surface area contributed by atoms with Crippen LogP contribution in [0.1, 0.15) is 38.7 Å². The largest absolute Gasteiger partial charge is 0.372 e. The van der Waals surface area contributed by atoms with E-state index in [1.54, 1.807) is 36.4 Å². The molecule has 208 valence electrons. The van der Waals surface area contributed by atoms with Gasteiger partial charge in [0.15, 0.2) is 0 Å². The van der Waals surface area contributed by atoms with Crippen molar-refractivity contribution in [3.05, 3.63) is 54.0 Å². The normalized spacial score (nSPS) is 18.6. The first-order valence-electron chi connectivity index (χ1n) is 13.1. The van der Waals surface area contributed by atoms with E-state index in [1.165, 1.54) is 12.1 Å². The third kappa shape index (κ3) is 8.26. The Balaban J connectivity index is 1.51. The number of halogens is 1. The average molecular weight is 536 g/mol. The van der Waals surface area contributed by atoms with Gasteiger partial charge in [-0.2, -0.15) is 4.98 Å². The molecule has 3 N–H and O–H groups in total. The Hall–Kier alpha value is -3.97. The van der Waals surface area contributed by atoms with Gasteiger partial charge in [-0.15, -0.1) is 0 Å². The number of likely N-dealkylation sites (tertiary alicyclic amines) is 1. The van der Waals surface area contributed by atoms with Crippen molar-refractivity contribution < 1.29 is 14.0 Å². The van der Waals surface area contributed by atoms with Gasteiger partial charge in [0.2, 0.25) is 17.8 Å². The van der Waals surface area contributed by atoms with Crippen LogP contribution in [0.5, 0.6) is 0 Å². The highest BCUT2D eigenvalue weighted by molar-refractivity contribution is 5.95. The number of anilines is 3. The highest BCUT2D eigenvalue weighted by Gasteiger charge is 2.47. The van der Waals surface area contributed by atoms with E-state index < -0.39 is 5.54 Å². The molecule has 0 radical (unpaired) electrons. The van der Waals surface area contributed by atoms with E-state index >= 15 is 0 Å². The number of nitrogens with one attached hydrogen (secondary N) is 3. The Bertz CT molecular complexity index is 1240. The number of likely N-dealkylation sites (N-methyl/N-ethyl adjacent to an activating group) is 1. The summed E-state index contributed by atoms with van der Waals surface area (Å²) >= 11 is 0. The molecule has 10 heteroatoms. The van der Waals surface area contributed by atoms with E-state index in [0.29, 0.717) is 61.9 Å². The molecule has 0 spiro atoms. The van der Waals surface area contributed by atoms with Crippen LogP contribution in [0.2, 0.25) is 0 Å². The summed E-state index contributed by atoms with van der Waals surface area (Å²) in [4.78, 5) is 38.3. The van der Waals surface area contributed by atoms with Crippen molar-refractivity contribution in [2.75, 3.05) is 51.4 Å². The monoisotopic (exact) mass is 535 g/mol. The minimum absolute atomic E-state index is 0.133. The fraction of sp³-hybridized carbons (Fsp3) is 0.448. The summed E-state index contributed by atoms with van der Waals surface area (Å²) in [7, 11) is 5.63. The van der Waals surface area contributed by atoms with E-state index in [0.717, 1.165) is 0 Å². The second-order valence-electron chi connectivity index (χ2n) is 10.2. The number of carbonyl (C=O) groups excluding carboxylic acids is 2. The first kappa shape index (κ1) is 29.6. The van der Waals surface area contributed by atoms with Crippen LogP contribution in [0.15, 0.2) is 42.6 Å². The van der Waals surface area contributed by atoms with Crippen molar-refractivity contribution in [2.24, 2.45) is 5.92 Å². The molecule has 0 aliphatic carbocycles. The van der Waals surface area contributed by atoms with Crippen molar-refractivity contribution >= 4 is 29.3 Å². The van der Waals surface area contributed by atoms with E-state index in [4.69, 9.17) is 0 Å². The SMILES string of the molecule is CNc1nc(Nc2ccc(F)cc2)ncc1C#CCCCNC(=O)[C@]1(C)C[C@H](C)CN1C(=O)/C=C/CN(C)C. The third-order valence-electron chi connectivity index (χ3n) is 6.44. The van der Waals surface area contributed by atoms with Crippen molar-refractivity contribution in [3.63, 3.8) is 0 Å². The van der Waals surface area contributed by atoms with Crippen LogP contribution in [0.25, 0.3) is 0 Å². The van der Waals surface area contributed by atoms with Gasteiger partial charge in [-0.25, -0.2) is 9.37 Å². The van der Waals surface area contributed by atoms with Gasteiger partial charge in [0, 0.05) is 44.9 Å². The van der Waals surface area contributed by atoms with Gasteiger partial charge in [-0.1, -0.05) is 24.8 Å². The highest BCUT2D eigenvalue weighted by Crippen LogP contribution is 2.33. The molecule has 2 amide bonds. The van der Waals surface area contributed by atoms with Crippen LogP contribution in [0.3, 0.4) is 0 Å². The fourth-order valence-corrected chi connectivity index (χ4v) is 4.48.